The number of fused-ring (bicyclic) bond motifs is 1. The first-order chi connectivity index (χ1) is 7.33. The Labute approximate surface area is 99.6 Å². The van der Waals surface area contributed by atoms with Crippen LogP contribution in [0.15, 0.2) is 0 Å². The lowest BCUT2D eigenvalue weighted by Crippen LogP contribution is -2.71. The summed E-state index contributed by atoms with van der Waals surface area (Å²) in [6.45, 7) is 9.43. The standard InChI is InChI=1S/C15H26O/c1-10-5-8-15(16)13(2,3)11-6-7-14(15,4)12(10)9-11/h10-12,16H,5-9H2,1-4H3/t10-,11+,12-,14-,15-/m1/s1. The fourth-order valence-corrected chi connectivity index (χ4v) is 5.69. The van der Waals surface area contributed by atoms with Crippen LogP contribution in [-0.2, 0) is 0 Å². The van der Waals surface area contributed by atoms with E-state index in [-0.39, 0.29) is 10.8 Å². The first kappa shape index (κ1) is 11.1. The largest absolute Gasteiger partial charge is 0.389 e. The van der Waals surface area contributed by atoms with Gasteiger partial charge in [0.2, 0.25) is 0 Å². The second-order valence-corrected chi connectivity index (χ2v) is 7.59. The average Bonchev–Trinajstić information content (AvgIpc) is 2.22. The van der Waals surface area contributed by atoms with E-state index in [0.29, 0.717) is 0 Å². The number of hydrogen-bond acceptors (Lipinski definition) is 1. The topological polar surface area (TPSA) is 20.2 Å². The molecular formula is C15H26O. The Morgan fingerprint density at radius 2 is 1.75 bits per heavy atom. The summed E-state index contributed by atoms with van der Waals surface area (Å²) >= 11 is 0. The molecule has 4 aliphatic rings. The van der Waals surface area contributed by atoms with E-state index < -0.39 is 5.60 Å². The molecule has 0 aromatic carbocycles. The molecule has 0 amide bonds. The minimum atomic E-state index is -0.391. The van der Waals surface area contributed by atoms with Crippen LogP contribution in [0.5, 0.6) is 0 Å². The summed E-state index contributed by atoms with van der Waals surface area (Å²) in [4.78, 5) is 0. The first-order valence-electron chi connectivity index (χ1n) is 7.05. The third-order valence-corrected chi connectivity index (χ3v) is 7.05. The van der Waals surface area contributed by atoms with Crippen molar-refractivity contribution in [2.45, 2.75) is 65.4 Å². The molecule has 1 heteroatoms. The zero-order valence-corrected chi connectivity index (χ0v) is 11.2. The molecule has 0 spiro atoms. The molecule has 16 heavy (non-hydrogen) atoms. The van der Waals surface area contributed by atoms with Gasteiger partial charge in [-0.2, -0.15) is 0 Å². The zero-order valence-electron chi connectivity index (χ0n) is 11.2. The highest BCUT2D eigenvalue weighted by Gasteiger charge is 2.69. The maximum Gasteiger partial charge on any atom is 0.0757 e. The Morgan fingerprint density at radius 1 is 1.06 bits per heavy atom. The van der Waals surface area contributed by atoms with Gasteiger partial charge in [-0.3, -0.25) is 0 Å². The molecule has 4 saturated carbocycles. The summed E-state index contributed by atoms with van der Waals surface area (Å²) in [5.74, 6) is 2.36. The molecule has 4 rings (SSSR count). The highest BCUT2D eigenvalue weighted by molar-refractivity contribution is 5.19. The van der Waals surface area contributed by atoms with Crippen molar-refractivity contribution >= 4 is 0 Å². The van der Waals surface area contributed by atoms with Crippen molar-refractivity contribution in [1.29, 1.82) is 0 Å². The van der Waals surface area contributed by atoms with E-state index in [1.54, 1.807) is 0 Å². The summed E-state index contributed by atoms with van der Waals surface area (Å²) in [7, 11) is 0. The molecule has 92 valence electrons. The lowest BCUT2D eigenvalue weighted by molar-refractivity contribution is -0.291. The van der Waals surface area contributed by atoms with Gasteiger partial charge in [-0.05, 0) is 60.7 Å². The molecule has 0 aliphatic heterocycles. The molecule has 4 fully saturated rings. The maximum atomic E-state index is 11.3. The van der Waals surface area contributed by atoms with Gasteiger partial charge >= 0.3 is 0 Å². The molecule has 0 unspecified atom stereocenters. The van der Waals surface area contributed by atoms with Crippen LogP contribution in [0.2, 0.25) is 0 Å². The summed E-state index contributed by atoms with van der Waals surface area (Å²) in [5.41, 5.74) is -0.0576. The smallest absolute Gasteiger partial charge is 0.0757 e. The van der Waals surface area contributed by atoms with Gasteiger partial charge in [-0.15, -0.1) is 0 Å². The maximum absolute atomic E-state index is 11.3. The van der Waals surface area contributed by atoms with Crippen LogP contribution in [0.25, 0.3) is 0 Å². The molecule has 0 saturated heterocycles. The Morgan fingerprint density at radius 3 is 2.44 bits per heavy atom. The lowest BCUT2D eigenvalue weighted by atomic mass is 9.35. The molecular weight excluding hydrogens is 196 g/mol. The van der Waals surface area contributed by atoms with E-state index in [2.05, 4.69) is 27.7 Å². The Balaban J connectivity index is 2.13. The molecule has 4 aliphatic carbocycles. The molecule has 1 N–H and O–H groups in total. The average molecular weight is 222 g/mol. The van der Waals surface area contributed by atoms with Gasteiger partial charge in [-0.25, -0.2) is 0 Å². The van der Waals surface area contributed by atoms with E-state index in [4.69, 9.17) is 0 Å². The van der Waals surface area contributed by atoms with Crippen LogP contribution in [0.4, 0.5) is 0 Å². The van der Waals surface area contributed by atoms with Crippen molar-refractivity contribution in [3.8, 4) is 0 Å². The Hall–Kier alpha value is -0.0400. The summed E-state index contributed by atoms with van der Waals surface area (Å²) in [6, 6.07) is 0. The molecule has 4 bridgehead atoms. The monoisotopic (exact) mass is 222 g/mol. The van der Waals surface area contributed by atoms with Gasteiger partial charge in [0.15, 0.2) is 0 Å². The quantitative estimate of drug-likeness (QED) is 0.664. The van der Waals surface area contributed by atoms with E-state index in [9.17, 15) is 5.11 Å². The molecule has 0 heterocycles. The minimum absolute atomic E-state index is 0.136. The summed E-state index contributed by atoms with van der Waals surface area (Å²) in [6.07, 6.45) is 6.23. The second kappa shape index (κ2) is 2.85. The molecule has 0 radical (unpaired) electrons. The highest BCUT2D eigenvalue weighted by atomic mass is 16.3. The Bertz CT molecular complexity index is 321. The van der Waals surface area contributed by atoms with Crippen molar-refractivity contribution < 1.29 is 5.11 Å². The van der Waals surface area contributed by atoms with Crippen LogP contribution in [-0.4, -0.2) is 10.7 Å². The number of rotatable bonds is 0. The van der Waals surface area contributed by atoms with E-state index >= 15 is 0 Å². The SMILES string of the molecule is C[C@@H]1CC[C@@]2(O)C(C)(C)[C@H]3CC[C@]2(C)[C@@H]1C3. The van der Waals surface area contributed by atoms with Crippen LogP contribution in [0.3, 0.4) is 0 Å². The van der Waals surface area contributed by atoms with Crippen molar-refractivity contribution in [3.05, 3.63) is 0 Å². The van der Waals surface area contributed by atoms with Gasteiger partial charge in [0, 0.05) is 0 Å². The van der Waals surface area contributed by atoms with Crippen molar-refractivity contribution in [2.24, 2.45) is 28.6 Å². The minimum Gasteiger partial charge on any atom is -0.389 e. The predicted molar refractivity (Wildman–Crippen MR) is 66.1 cm³/mol. The molecule has 5 atom stereocenters. The molecule has 0 aromatic heterocycles. The summed E-state index contributed by atoms with van der Waals surface area (Å²) in [5, 5.41) is 11.3. The zero-order chi connectivity index (χ0) is 11.8. The highest BCUT2D eigenvalue weighted by Crippen LogP contribution is 2.71. The van der Waals surface area contributed by atoms with Crippen molar-refractivity contribution in [3.63, 3.8) is 0 Å². The van der Waals surface area contributed by atoms with Gasteiger partial charge in [0.05, 0.1) is 5.60 Å². The summed E-state index contributed by atoms with van der Waals surface area (Å²) < 4.78 is 0. The third-order valence-electron chi connectivity index (χ3n) is 7.05. The van der Waals surface area contributed by atoms with Crippen LogP contribution in [0.1, 0.15) is 59.8 Å². The fraction of sp³-hybridized carbons (Fsp3) is 1.00. The fourth-order valence-electron chi connectivity index (χ4n) is 5.69. The van der Waals surface area contributed by atoms with Crippen LogP contribution in [0, 0.1) is 28.6 Å². The molecule has 1 nitrogen and oxygen atoms in total. The van der Waals surface area contributed by atoms with Crippen molar-refractivity contribution in [2.75, 3.05) is 0 Å². The van der Waals surface area contributed by atoms with Crippen LogP contribution < -0.4 is 0 Å². The van der Waals surface area contributed by atoms with E-state index in [1.807, 2.05) is 0 Å². The van der Waals surface area contributed by atoms with Gasteiger partial charge < -0.3 is 5.11 Å². The molecule has 0 aromatic rings. The van der Waals surface area contributed by atoms with E-state index in [0.717, 1.165) is 24.2 Å². The number of aliphatic hydroxyl groups is 1. The Kier molecular flexibility index (Phi) is 1.98. The van der Waals surface area contributed by atoms with Gasteiger partial charge in [-0.1, -0.05) is 27.7 Å². The first-order valence-corrected chi connectivity index (χ1v) is 7.05. The van der Waals surface area contributed by atoms with Crippen molar-refractivity contribution in [1.82, 2.24) is 0 Å². The predicted octanol–water partition coefficient (Wildman–Crippen LogP) is 3.61. The van der Waals surface area contributed by atoms with Gasteiger partial charge in [0.25, 0.3) is 0 Å². The third kappa shape index (κ3) is 0.939. The normalized spacial score (nSPS) is 58.7. The van der Waals surface area contributed by atoms with E-state index in [1.165, 1.54) is 25.7 Å². The second-order valence-electron chi connectivity index (χ2n) is 7.59. The van der Waals surface area contributed by atoms with Crippen LogP contribution >= 0.6 is 0 Å². The lowest BCUT2D eigenvalue weighted by Gasteiger charge is -2.71. The number of hydrogen-bond donors (Lipinski definition) is 1. The van der Waals surface area contributed by atoms with Gasteiger partial charge in [0.1, 0.15) is 0 Å².